The SMILES string of the molecule is CCOC(=O)c1ccc(CCNCCCCC(C#N)(c2ccc(OC)c(OC)c2)C(O)OCC)cc1. The molecule has 0 heterocycles. The van der Waals surface area contributed by atoms with E-state index in [0.717, 1.165) is 31.5 Å². The number of aliphatic hydroxyl groups excluding tert-OH is 1. The van der Waals surface area contributed by atoms with Crippen LogP contribution in [0.3, 0.4) is 0 Å². The smallest absolute Gasteiger partial charge is 0.338 e. The monoisotopic (exact) mass is 498 g/mol. The number of benzene rings is 2. The maximum absolute atomic E-state index is 11.7. The molecule has 2 unspecified atom stereocenters. The molecule has 0 aliphatic heterocycles. The fourth-order valence-electron chi connectivity index (χ4n) is 4.03. The molecule has 8 heteroatoms. The van der Waals surface area contributed by atoms with Crippen molar-refractivity contribution >= 4 is 5.97 Å². The second-order valence-electron chi connectivity index (χ2n) is 8.34. The number of aliphatic hydroxyl groups is 1. The first-order valence-electron chi connectivity index (χ1n) is 12.4. The summed E-state index contributed by atoms with van der Waals surface area (Å²) < 4.78 is 21.2. The Balaban J connectivity index is 1.91. The number of nitriles is 1. The van der Waals surface area contributed by atoms with E-state index in [9.17, 15) is 15.2 Å². The summed E-state index contributed by atoms with van der Waals surface area (Å²) in [5.41, 5.74) is 1.09. The van der Waals surface area contributed by atoms with Crippen LogP contribution in [0, 0.1) is 11.3 Å². The van der Waals surface area contributed by atoms with E-state index in [1.807, 2.05) is 12.1 Å². The van der Waals surface area contributed by atoms with Gasteiger partial charge in [-0.05, 0) is 81.6 Å². The number of unbranched alkanes of at least 4 members (excludes halogenated alkanes) is 1. The summed E-state index contributed by atoms with van der Waals surface area (Å²) >= 11 is 0. The Morgan fingerprint density at radius 3 is 2.36 bits per heavy atom. The molecule has 0 aromatic heterocycles. The van der Waals surface area contributed by atoms with Gasteiger partial charge in [-0.25, -0.2) is 4.79 Å². The topological polar surface area (TPSA) is 110 Å². The molecule has 0 aliphatic carbocycles. The standard InChI is InChI=1S/C28H38N2O6/c1-5-35-26(31)22-11-9-21(10-12-22)15-18-30-17-8-7-16-28(20-29,27(32)36-6-2)23-13-14-24(33-3)25(19-23)34-4/h9-14,19,27,30,32H,5-8,15-18H2,1-4H3. The van der Waals surface area contributed by atoms with Crippen LogP contribution in [0.5, 0.6) is 11.5 Å². The van der Waals surface area contributed by atoms with Crippen molar-refractivity contribution < 1.29 is 28.8 Å². The number of methoxy groups -OCH3 is 2. The average Bonchev–Trinajstić information content (AvgIpc) is 2.90. The van der Waals surface area contributed by atoms with Gasteiger partial charge in [0.2, 0.25) is 0 Å². The van der Waals surface area contributed by atoms with Crippen molar-refractivity contribution in [3.8, 4) is 17.6 Å². The molecule has 2 atom stereocenters. The van der Waals surface area contributed by atoms with E-state index in [-0.39, 0.29) is 5.97 Å². The highest BCUT2D eigenvalue weighted by molar-refractivity contribution is 5.89. The van der Waals surface area contributed by atoms with E-state index in [2.05, 4.69) is 11.4 Å². The van der Waals surface area contributed by atoms with Gasteiger partial charge in [0.05, 0.1) is 32.5 Å². The van der Waals surface area contributed by atoms with Crippen LogP contribution < -0.4 is 14.8 Å². The van der Waals surface area contributed by atoms with Crippen molar-refractivity contribution in [1.82, 2.24) is 5.32 Å². The molecule has 0 amide bonds. The van der Waals surface area contributed by atoms with Crippen molar-refractivity contribution in [2.75, 3.05) is 40.5 Å². The molecule has 2 aromatic rings. The van der Waals surface area contributed by atoms with E-state index < -0.39 is 11.7 Å². The van der Waals surface area contributed by atoms with Gasteiger partial charge >= 0.3 is 5.97 Å². The van der Waals surface area contributed by atoms with Crippen LogP contribution in [0.2, 0.25) is 0 Å². The third-order valence-corrected chi connectivity index (χ3v) is 6.07. The number of hydrogen-bond acceptors (Lipinski definition) is 8. The van der Waals surface area contributed by atoms with E-state index in [1.54, 1.807) is 51.3 Å². The lowest BCUT2D eigenvalue weighted by molar-refractivity contribution is -0.131. The summed E-state index contributed by atoms with van der Waals surface area (Å²) in [4.78, 5) is 11.7. The van der Waals surface area contributed by atoms with Gasteiger partial charge in [0, 0.05) is 6.61 Å². The lowest BCUT2D eigenvalue weighted by Crippen LogP contribution is -2.40. The first-order chi connectivity index (χ1) is 17.4. The highest BCUT2D eigenvalue weighted by atomic mass is 16.6. The summed E-state index contributed by atoms with van der Waals surface area (Å²) in [5.74, 6) is 0.743. The summed E-state index contributed by atoms with van der Waals surface area (Å²) in [6, 6.07) is 15.0. The molecule has 0 bridgehead atoms. The maximum atomic E-state index is 11.7. The van der Waals surface area contributed by atoms with Crippen LogP contribution in [0.15, 0.2) is 42.5 Å². The van der Waals surface area contributed by atoms with Crippen LogP contribution in [0.4, 0.5) is 0 Å². The highest BCUT2D eigenvalue weighted by Crippen LogP contribution is 2.38. The zero-order valence-corrected chi connectivity index (χ0v) is 21.7. The van der Waals surface area contributed by atoms with Gasteiger partial charge < -0.3 is 29.4 Å². The Morgan fingerprint density at radius 1 is 1.03 bits per heavy atom. The van der Waals surface area contributed by atoms with Crippen LogP contribution >= 0.6 is 0 Å². The van der Waals surface area contributed by atoms with E-state index in [0.29, 0.717) is 48.7 Å². The number of nitrogens with one attached hydrogen (secondary N) is 1. The first-order valence-corrected chi connectivity index (χ1v) is 12.4. The van der Waals surface area contributed by atoms with Crippen molar-refractivity contribution in [2.45, 2.75) is 51.2 Å². The largest absolute Gasteiger partial charge is 0.493 e. The fourth-order valence-corrected chi connectivity index (χ4v) is 4.03. The zero-order chi connectivity index (χ0) is 26.4. The Kier molecular flexibility index (Phi) is 12.2. The number of carbonyl (C=O) groups excluding carboxylic acids is 1. The molecular weight excluding hydrogens is 460 g/mol. The minimum atomic E-state index is -1.27. The highest BCUT2D eigenvalue weighted by Gasteiger charge is 2.41. The van der Waals surface area contributed by atoms with Crippen LogP contribution in [-0.2, 0) is 21.3 Å². The Labute approximate surface area is 214 Å². The summed E-state index contributed by atoms with van der Waals surface area (Å²) in [6.45, 7) is 5.79. The molecule has 2 N–H and O–H groups in total. The molecule has 2 aromatic carbocycles. The van der Waals surface area contributed by atoms with Gasteiger partial charge in [0.15, 0.2) is 17.8 Å². The van der Waals surface area contributed by atoms with Crippen molar-refractivity contribution in [1.29, 1.82) is 5.26 Å². The van der Waals surface area contributed by atoms with E-state index >= 15 is 0 Å². The van der Waals surface area contributed by atoms with E-state index in [4.69, 9.17) is 18.9 Å². The van der Waals surface area contributed by atoms with Gasteiger partial charge in [-0.15, -0.1) is 0 Å². The molecule has 0 fully saturated rings. The Hall–Kier alpha value is -3.12. The lowest BCUT2D eigenvalue weighted by Gasteiger charge is -2.32. The first kappa shape index (κ1) is 29.1. The maximum Gasteiger partial charge on any atom is 0.338 e. The Morgan fingerprint density at radius 2 is 1.75 bits per heavy atom. The molecule has 0 spiro atoms. The molecule has 0 saturated heterocycles. The molecule has 0 saturated carbocycles. The summed E-state index contributed by atoms with van der Waals surface area (Å²) in [5, 5.41) is 24.4. The number of carbonyl (C=O) groups is 1. The third kappa shape index (κ3) is 7.69. The number of rotatable bonds is 16. The molecule has 2 rings (SSSR count). The number of nitrogens with zero attached hydrogens (tertiary/aromatic N) is 1. The second-order valence-corrected chi connectivity index (χ2v) is 8.34. The Bertz CT molecular complexity index is 989. The van der Waals surface area contributed by atoms with Crippen molar-refractivity contribution in [3.63, 3.8) is 0 Å². The van der Waals surface area contributed by atoms with Crippen LogP contribution in [0.25, 0.3) is 0 Å². The predicted molar refractivity (Wildman–Crippen MR) is 137 cm³/mol. The molecule has 8 nitrogen and oxygen atoms in total. The fraction of sp³-hybridized carbons (Fsp3) is 0.500. The number of ether oxygens (including phenoxy) is 4. The van der Waals surface area contributed by atoms with E-state index in [1.165, 1.54) is 7.11 Å². The molecule has 36 heavy (non-hydrogen) atoms. The molecule has 0 aliphatic rings. The van der Waals surface area contributed by atoms with Crippen LogP contribution in [-0.4, -0.2) is 57.9 Å². The van der Waals surface area contributed by atoms with Gasteiger partial charge in [-0.1, -0.05) is 24.6 Å². The van der Waals surface area contributed by atoms with Gasteiger partial charge in [-0.2, -0.15) is 5.26 Å². The van der Waals surface area contributed by atoms with Crippen molar-refractivity contribution in [2.24, 2.45) is 0 Å². The number of hydrogen-bond donors (Lipinski definition) is 2. The predicted octanol–water partition coefficient (Wildman–Crippen LogP) is 4.00. The average molecular weight is 499 g/mol. The minimum absolute atomic E-state index is 0.292. The second kappa shape index (κ2) is 15.1. The summed E-state index contributed by atoms with van der Waals surface area (Å²) in [7, 11) is 3.09. The minimum Gasteiger partial charge on any atom is -0.493 e. The van der Waals surface area contributed by atoms with Crippen molar-refractivity contribution in [3.05, 3.63) is 59.2 Å². The number of esters is 1. The normalized spacial score (nSPS) is 13.3. The van der Waals surface area contributed by atoms with Gasteiger partial charge in [0.25, 0.3) is 0 Å². The van der Waals surface area contributed by atoms with Gasteiger partial charge in [0.1, 0.15) is 5.41 Å². The quantitative estimate of drug-likeness (QED) is 0.203. The lowest BCUT2D eigenvalue weighted by atomic mass is 9.76. The zero-order valence-electron chi connectivity index (χ0n) is 21.7. The summed E-state index contributed by atoms with van der Waals surface area (Å²) in [6.07, 6.45) is 1.54. The van der Waals surface area contributed by atoms with Crippen LogP contribution in [0.1, 0.15) is 54.6 Å². The molecule has 196 valence electrons. The molecule has 0 radical (unpaired) electrons. The molecular formula is C28H38N2O6. The third-order valence-electron chi connectivity index (χ3n) is 6.07. The van der Waals surface area contributed by atoms with Gasteiger partial charge in [-0.3, -0.25) is 0 Å².